The Kier molecular flexibility index (Phi) is 14.6. The fourth-order valence-corrected chi connectivity index (χ4v) is 5.79. The third kappa shape index (κ3) is 10.2. The Labute approximate surface area is 253 Å². The van der Waals surface area contributed by atoms with Crippen LogP contribution in [0.5, 0.6) is 11.5 Å². The van der Waals surface area contributed by atoms with Gasteiger partial charge in [0, 0.05) is 51.1 Å². The summed E-state index contributed by atoms with van der Waals surface area (Å²) in [6.07, 6.45) is 7.09. The van der Waals surface area contributed by atoms with E-state index in [4.69, 9.17) is 19.4 Å². The number of nitrogens with zero attached hydrogens (tertiary/aromatic N) is 3. The topological polar surface area (TPSA) is 99.6 Å². The molecule has 42 heavy (non-hydrogen) atoms. The monoisotopic (exact) mass is 589 g/mol. The molecule has 3 aliphatic heterocycles. The summed E-state index contributed by atoms with van der Waals surface area (Å²) in [5, 5.41) is 7.42. The zero-order valence-corrected chi connectivity index (χ0v) is 27.1. The van der Waals surface area contributed by atoms with Crippen LogP contribution in [0.15, 0.2) is 18.2 Å². The number of carbonyl (C=O) groups is 3. The second kappa shape index (κ2) is 17.3. The van der Waals surface area contributed by atoms with Gasteiger partial charge in [0.25, 0.3) is 5.97 Å². The Morgan fingerprint density at radius 2 is 1.69 bits per heavy atom. The van der Waals surface area contributed by atoms with Gasteiger partial charge in [-0.2, -0.15) is 0 Å². The summed E-state index contributed by atoms with van der Waals surface area (Å²) in [4.78, 5) is 41.7. The number of hydrogen-bond donors (Lipinski definition) is 1. The number of likely N-dealkylation sites (tertiary alicyclic amines) is 2. The first-order chi connectivity index (χ1) is 20.1. The van der Waals surface area contributed by atoms with Gasteiger partial charge in [-0.15, -0.1) is 0 Å². The fourth-order valence-electron chi connectivity index (χ4n) is 5.79. The van der Waals surface area contributed by atoms with Crippen LogP contribution in [0.25, 0.3) is 0 Å². The van der Waals surface area contributed by atoms with Crippen LogP contribution in [0.4, 0.5) is 0 Å². The van der Waals surface area contributed by atoms with E-state index in [1.165, 1.54) is 5.56 Å². The number of fused-ring (bicyclic) bond motifs is 1. The van der Waals surface area contributed by atoms with E-state index in [9.17, 15) is 9.59 Å². The van der Waals surface area contributed by atoms with Crippen molar-refractivity contribution < 1.29 is 29.0 Å². The van der Waals surface area contributed by atoms with Gasteiger partial charge < -0.3 is 24.4 Å². The van der Waals surface area contributed by atoms with Crippen molar-refractivity contribution in [2.45, 2.75) is 105 Å². The fraction of sp³-hybridized carbons (Fsp3) is 0.727. The normalized spacial score (nSPS) is 20.5. The quantitative estimate of drug-likeness (QED) is 0.331. The van der Waals surface area contributed by atoms with E-state index >= 15 is 0 Å². The largest absolute Gasteiger partial charge is 0.481 e. The Morgan fingerprint density at radius 1 is 1.07 bits per heavy atom. The second-order valence-corrected chi connectivity index (χ2v) is 12.0. The highest BCUT2D eigenvalue weighted by Crippen LogP contribution is 2.39. The predicted molar refractivity (Wildman–Crippen MR) is 166 cm³/mol. The van der Waals surface area contributed by atoms with E-state index in [1.807, 2.05) is 38.7 Å². The first-order valence-electron chi connectivity index (χ1n) is 16.0. The van der Waals surface area contributed by atoms with E-state index in [-0.39, 0.29) is 30.1 Å². The van der Waals surface area contributed by atoms with Crippen LogP contribution in [-0.4, -0.2) is 89.7 Å². The lowest BCUT2D eigenvalue weighted by atomic mass is 9.92. The van der Waals surface area contributed by atoms with Gasteiger partial charge >= 0.3 is 0 Å². The molecule has 0 bridgehead atoms. The maximum Gasteiger partial charge on any atom is 0.300 e. The van der Waals surface area contributed by atoms with Crippen LogP contribution in [-0.2, 0) is 14.4 Å². The number of carboxylic acids is 1. The van der Waals surface area contributed by atoms with Crippen molar-refractivity contribution in [2.75, 3.05) is 46.1 Å². The van der Waals surface area contributed by atoms with Crippen molar-refractivity contribution in [3.8, 4) is 11.5 Å². The number of amides is 2. The molecular formula is C33H55N3O6. The number of rotatable bonds is 12. The van der Waals surface area contributed by atoms with Gasteiger partial charge in [0.1, 0.15) is 0 Å². The van der Waals surface area contributed by atoms with Crippen LogP contribution in [0, 0.1) is 5.41 Å². The second-order valence-electron chi connectivity index (χ2n) is 12.0. The number of unbranched alkanes of at least 4 members (excludes halogenated alkanes) is 2. The molecule has 0 aliphatic carbocycles. The van der Waals surface area contributed by atoms with Crippen LogP contribution >= 0.6 is 0 Å². The molecule has 238 valence electrons. The van der Waals surface area contributed by atoms with E-state index < -0.39 is 5.97 Å². The van der Waals surface area contributed by atoms with Crippen LogP contribution in [0.2, 0.25) is 0 Å². The summed E-state index contributed by atoms with van der Waals surface area (Å²) in [7, 11) is 0. The molecule has 0 saturated carbocycles. The Morgan fingerprint density at radius 3 is 2.26 bits per heavy atom. The molecule has 0 radical (unpaired) electrons. The third-order valence-corrected chi connectivity index (χ3v) is 8.26. The Hall–Kier alpha value is -2.81. The van der Waals surface area contributed by atoms with E-state index in [0.717, 1.165) is 96.1 Å². The highest BCUT2D eigenvalue weighted by atomic mass is 16.7. The summed E-state index contributed by atoms with van der Waals surface area (Å²) in [5.74, 6) is 1.63. The van der Waals surface area contributed by atoms with Gasteiger partial charge in [0.05, 0.1) is 6.54 Å². The van der Waals surface area contributed by atoms with Crippen molar-refractivity contribution in [1.29, 1.82) is 0 Å². The molecule has 4 rings (SSSR count). The lowest BCUT2D eigenvalue weighted by Gasteiger charge is -2.29. The van der Waals surface area contributed by atoms with Crippen LogP contribution < -0.4 is 9.47 Å². The number of benzene rings is 1. The predicted octanol–water partition coefficient (Wildman–Crippen LogP) is 5.77. The van der Waals surface area contributed by atoms with Crippen molar-refractivity contribution in [3.05, 3.63) is 23.8 Å². The summed E-state index contributed by atoms with van der Waals surface area (Å²) in [5.41, 5.74) is 0.991. The number of ether oxygens (including phenoxy) is 2. The summed E-state index contributed by atoms with van der Waals surface area (Å²) in [6.45, 7) is 18.4. The molecule has 3 heterocycles. The number of carbonyl (C=O) groups excluding carboxylic acids is 2. The minimum Gasteiger partial charge on any atom is -0.481 e. The molecule has 2 fully saturated rings. The lowest BCUT2D eigenvalue weighted by molar-refractivity contribution is -0.135. The summed E-state index contributed by atoms with van der Waals surface area (Å²) >= 11 is 0. The SMILES string of the molecule is CC.CC(=O)O.CCCCN(CCCC)C(=O)CN1CC(c2ccc3c(c2)OCO3)CC1CCN1CCC(C)(C)C1=O. The molecule has 2 amide bonds. The molecule has 1 aromatic rings. The number of carboxylic acid groups (broad SMARTS) is 1. The van der Waals surface area contributed by atoms with Gasteiger partial charge in [-0.1, -0.05) is 60.5 Å². The van der Waals surface area contributed by atoms with Gasteiger partial charge in [0.2, 0.25) is 18.6 Å². The standard InChI is InChI=1S/C29H45N3O4.C2H4O2.C2H6/c1-5-7-13-30(14-8-6-2)27(33)20-32-19-23(22-9-10-25-26(18-22)36-21-35-25)17-24(32)11-15-31-16-12-29(3,4)28(31)34;1-2(3)4;1-2/h9-10,18,23-24H,5-8,11-17,19-21H2,1-4H3;1H3,(H,3,4);1-2H3. The van der Waals surface area contributed by atoms with Crippen molar-refractivity contribution >= 4 is 17.8 Å². The van der Waals surface area contributed by atoms with Crippen LogP contribution in [0.1, 0.15) is 105 Å². The first-order valence-corrected chi connectivity index (χ1v) is 16.0. The van der Waals surface area contributed by atoms with Crippen LogP contribution in [0.3, 0.4) is 0 Å². The number of aliphatic carboxylic acids is 1. The van der Waals surface area contributed by atoms with Crippen molar-refractivity contribution in [2.24, 2.45) is 5.41 Å². The zero-order valence-electron chi connectivity index (χ0n) is 27.1. The average Bonchev–Trinajstić information content (AvgIpc) is 3.66. The van der Waals surface area contributed by atoms with E-state index in [2.05, 4.69) is 35.8 Å². The maximum atomic E-state index is 13.4. The van der Waals surface area contributed by atoms with Gasteiger partial charge in [-0.3, -0.25) is 19.3 Å². The third-order valence-electron chi connectivity index (χ3n) is 8.26. The maximum absolute atomic E-state index is 13.4. The molecule has 2 atom stereocenters. The first kappa shape index (κ1) is 35.4. The molecule has 2 unspecified atom stereocenters. The molecule has 1 N–H and O–H groups in total. The average molecular weight is 590 g/mol. The smallest absolute Gasteiger partial charge is 0.300 e. The summed E-state index contributed by atoms with van der Waals surface area (Å²) in [6, 6.07) is 6.53. The molecule has 0 aromatic heterocycles. The molecular weight excluding hydrogens is 534 g/mol. The van der Waals surface area contributed by atoms with Crippen molar-refractivity contribution in [1.82, 2.24) is 14.7 Å². The minimum atomic E-state index is -0.833. The van der Waals surface area contributed by atoms with Gasteiger partial charge in [-0.05, 0) is 55.7 Å². The minimum absolute atomic E-state index is 0.242. The Bertz CT molecular complexity index is 1000. The summed E-state index contributed by atoms with van der Waals surface area (Å²) < 4.78 is 11.1. The highest BCUT2D eigenvalue weighted by Gasteiger charge is 2.40. The molecule has 0 spiro atoms. The molecule has 9 heteroatoms. The zero-order chi connectivity index (χ0) is 31.3. The van der Waals surface area contributed by atoms with Gasteiger partial charge in [-0.25, -0.2) is 0 Å². The van der Waals surface area contributed by atoms with E-state index in [0.29, 0.717) is 12.5 Å². The Balaban J connectivity index is 0.000000947. The van der Waals surface area contributed by atoms with Gasteiger partial charge in [0.15, 0.2) is 11.5 Å². The number of hydrogen-bond acceptors (Lipinski definition) is 6. The molecule has 3 aliphatic rings. The van der Waals surface area contributed by atoms with Crippen molar-refractivity contribution in [3.63, 3.8) is 0 Å². The van der Waals surface area contributed by atoms with E-state index in [1.54, 1.807) is 0 Å². The lowest BCUT2D eigenvalue weighted by Crippen LogP contribution is -2.44. The molecule has 2 saturated heterocycles. The molecule has 9 nitrogen and oxygen atoms in total. The highest BCUT2D eigenvalue weighted by molar-refractivity contribution is 5.84. The molecule has 1 aromatic carbocycles.